The smallest absolute Gasteiger partial charge is 0.255 e. The molecule has 1 aliphatic rings. The van der Waals surface area contributed by atoms with Gasteiger partial charge in [0.15, 0.2) is 0 Å². The van der Waals surface area contributed by atoms with Gasteiger partial charge in [0.25, 0.3) is 5.91 Å². The van der Waals surface area contributed by atoms with Crippen LogP contribution in [0, 0.1) is 6.92 Å². The fourth-order valence-electron chi connectivity index (χ4n) is 2.78. The molecule has 0 aliphatic carbocycles. The molecule has 1 amide bonds. The topological polar surface area (TPSA) is 54.3 Å². The van der Waals surface area contributed by atoms with Crippen LogP contribution in [0.15, 0.2) is 35.3 Å². The molecular formula is C16H20BrN5O. The van der Waals surface area contributed by atoms with Crippen LogP contribution in [0.4, 0.5) is 0 Å². The van der Waals surface area contributed by atoms with Gasteiger partial charge in [0.05, 0.1) is 5.56 Å². The van der Waals surface area contributed by atoms with E-state index in [2.05, 4.69) is 35.4 Å². The van der Waals surface area contributed by atoms with Crippen LogP contribution in [-0.2, 0) is 6.54 Å². The number of aryl methyl sites for hydroxylation is 1. The Bertz CT molecular complexity index is 679. The van der Waals surface area contributed by atoms with Crippen LogP contribution in [0.25, 0.3) is 0 Å². The van der Waals surface area contributed by atoms with Crippen molar-refractivity contribution in [2.24, 2.45) is 0 Å². The third-order valence-corrected chi connectivity index (χ3v) is 4.63. The fourth-order valence-corrected chi connectivity index (χ4v) is 3.14. The van der Waals surface area contributed by atoms with Gasteiger partial charge in [0, 0.05) is 68.5 Å². The Hall–Kier alpha value is -1.73. The number of amides is 1. The maximum atomic E-state index is 12.5. The molecule has 0 unspecified atom stereocenters. The van der Waals surface area contributed by atoms with Crippen LogP contribution >= 0.6 is 15.9 Å². The number of piperazine rings is 1. The Morgan fingerprint density at radius 3 is 2.65 bits per heavy atom. The zero-order chi connectivity index (χ0) is 16.2. The van der Waals surface area contributed by atoms with E-state index in [1.54, 1.807) is 12.4 Å². The molecule has 1 aliphatic heterocycles. The number of hydrogen-bond acceptors (Lipinski definition) is 4. The lowest BCUT2D eigenvalue weighted by molar-refractivity contribution is 0.0632. The number of hydrogen-bond donors (Lipinski definition) is 0. The Kier molecular flexibility index (Phi) is 5.07. The van der Waals surface area contributed by atoms with Gasteiger partial charge in [-0.3, -0.25) is 14.7 Å². The summed E-state index contributed by atoms with van der Waals surface area (Å²) in [5.74, 6) is 1.10. The predicted octanol–water partition coefficient (Wildman–Crippen LogP) is 1.81. The summed E-state index contributed by atoms with van der Waals surface area (Å²) in [7, 11) is 0. The summed E-state index contributed by atoms with van der Waals surface area (Å²) in [6.45, 7) is 7.26. The molecule has 6 nitrogen and oxygen atoms in total. The highest BCUT2D eigenvalue weighted by molar-refractivity contribution is 9.10. The minimum atomic E-state index is 0.0592. The average molecular weight is 378 g/mol. The van der Waals surface area contributed by atoms with Gasteiger partial charge in [0.1, 0.15) is 5.82 Å². The van der Waals surface area contributed by atoms with Crippen molar-refractivity contribution in [1.82, 2.24) is 24.3 Å². The van der Waals surface area contributed by atoms with Gasteiger partial charge in [-0.15, -0.1) is 0 Å². The van der Waals surface area contributed by atoms with Crippen molar-refractivity contribution in [2.45, 2.75) is 13.5 Å². The van der Waals surface area contributed by atoms with Crippen molar-refractivity contribution < 1.29 is 4.79 Å². The van der Waals surface area contributed by atoms with Crippen molar-refractivity contribution in [1.29, 1.82) is 0 Å². The standard InChI is InChI=1S/C16H20BrN5O/c1-13-19-2-3-21(13)7-4-20-5-8-22(9-6-20)16(23)14-10-15(17)12-18-11-14/h2-3,10-12H,4-9H2,1H3. The Morgan fingerprint density at radius 1 is 1.22 bits per heavy atom. The van der Waals surface area contributed by atoms with Crippen LogP contribution in [0.1, 0.15) is 16.2 Å². The van der Waals surface area contributed by atoms with E-state index < -0.39 is 0 Å². The molecule has 3 heterocycles. The monoisotopic (exact) mass is 377 g/mol. The number of imidazole rings is 1. The minimum absolute atomic E-state index is 0.0592. The molecule has 23 heavy (non-hydrogen) atoms. The lowest BCUT2D eigenvalue weighted by atomic mass is 10.2. The third-order valence-electron chi connectivity index (χ3n) is 4.19. The van der Waals surface area contributed by atoms with Crippen LogP contribution in [-0.4, -0.2) is 63.0 Å². The summed E-state index contributed by atoms with van der Waals surface area (Å²) in [6, 6.07) is 1.82. The van der Waals surface area contributed by atoms with Crippen LogP contribution in [0.5, 0.6) is 0 Å². The molecule has 0 atom stereocenters. The van der Waals surface area contributed by atoms with E-state index in [-0.39, 0.29) is 5.91 Å². The van der Waals surface area contributed by atoms with Gasteiger partial charge in [-0.05, 0) is 28.9 Å². The highest BCUT2D eigenvalue weighted by Crippen LogP contribution is 2.13. The Balaban J connectivity index is 1.50. The molecule has 1 fully saturated rings. The van der Waals surface area contributed by atoms with Crippen molar-refractivity contribution in [3.05, 3.63) is 46.7 Å². The Morgan fingerprint density at radius 2 is 2.00 bits per heavy atom. The number of carbonyl (C=O) groups is 1. The molecule has 3 rings (SSSR count). The van der Waals surface area contributed by atoms with E-state index in [1.165, 1.54) is 0 Å². The van der Waals surface area contributed by atoms with E-state index in [9.17, 15) is 4.79 Å². The first-order valence-corrected chi connectivity index (χ1v) is 8.53. The molecule has 2 aromatic heterocycles. The maximum absolute atomic E-state index is 12.5. The van der Waals surface area contributed by atoms with E-state index >= 15 is 0 Å². The second-order valence-electron chi connectivity index (χ2n) is 5.69. The number of aromatic nitrogens is 3. The molecule has 122 valence electrons. The van der Waals surface area contributed by atoms with Gasteiger partial charge in [-0.2, -0.15) is 0 Å². The molecular weight excluding hydrogens is 358 g/mol. The first-order valence-electron chi connectivity index (χ1n) is 7.73. The molecule has 0 saturated carbocycles. The SMILES string of the molecule is Cc1nccn1CCN1CCN(C(=O)c2cncc(Br)c2)CC1. The minimum Gasteiger partial charge on any atom is -0.336 e. The van der Waals surface area contributed by atoms with Crippen LogP contribution in [0.3, 0.4) is 0 Å². The quantitative estimate of drug-likeness (QED) is 0.815. The first-order chi connectivity index (χ1) is 11.1. The molecule has 7 heteroatoms. The normalized spacial score (nSPS) is 15.8. The van der Waals surface area contributed by atoms with Crippen LogP contribution in [0.2, 0.25) is 0 Å². The summed E-state index contributed by atoms with van der Waals surface area (Å²) in [4.78, 5) is 25.1. The highest BCUT2D eigenvalue weighted by atomic mass is 79.9. The molecule has 0 spiro atoms. The molecule has 1 saturated heterocycles. The van der Waals surface area contributed by atoms with Crippen molar-refractivity contribution in [2.75, 3.05) is 32.7 Å². The van der Waals surface area contributed by atoms with Gasteiger partial charge in [-0.25, -0.2) is 4.98 Å². The average Bonchev–Trinajstić information content (AvgIpc) is 2.98. The highest BCUT2D eigenvalue weighted by Gasteiger charge is 2.22. The first kappa shape index (κ1) is 16.1. The third kappa shape index (κ3) is 3.97. The Labute approximate surface area is 144 Å². The van der Waals surface area contributed by atoms with Crippen molar-refractivity contribution >= 4 is 21.8 Å². The molecule has 0 aromatic carbocycles. The number of carbonyl (C=O) groups excluding carboxylic acids is 1. The van der Waals surface area contributed by atoms with Crippen molar-refractivity contribution in [3.8, 4) is 0 Å². The molecule has 0 radical (unpaired) electrons. The fraction of sp³-hybridized carbons (Fsp3) is 0.438. The number of rotatable bonds is 4. The second kappa shape index (κ2) is 7.23. The summed E-state index contributed by atoms with van der Waals surface area (Å²) in [5, 5.41) is 0. The predicted molar refractivity (Wildman–Crippen MR) is 91.2 cm³/mol. The number of halogens is 1. The lowest BCUT2D eigenvalue weighted by Gasteiger charge is -2.34. The van der Waals surface area contributed by atoms with E-state index in [1.807, 2.05) is 30.3 Å². The summed E-state index contributed by atoms with van der Waals surface area (Å²) >= 11 is 3.36. The van der Waals surface area contributed by atoms with Gasteiger partial charge >= 0.3 is 0 Å². The maximum Gasteiger partial charge on any atom is 0.255 e. The van der Waals surface area contributed by atoms with E-state index in [0.717, 1.165) is 49.6 Å². The molecule has 2 aromatic rings. The summed E-state index contributed by atoms with van der Waals surface area (Å²) < 4.78 is 2.99. The van der Waals surface area contributed by atoms with Crippen LogP contribution < -0.4 is 0 Å². The summed E-state index contributed by atoms with van der Waals surface area (Å²) in [5.41, 5.74) is 0.641. The van der Waals surface area contributed by atoms with E-state index in [4.69, 9.17) is 0 Å². The summed E-state index contributed by atoms with van der Waals surface area (Å²) in [6.07, 6.45) is 7.15. The van der Waals surface area contributed by atoms with Crippen molar-refractivity contribution in [3.63, 3.8) is 0 Å². The van der Waals surface area contributed by atoms with Gasteiger partial charge in [-0.1, -0.05) is 0 Å². The zero-order valence-electron chi connectivity index (χ0n) is 13.2. The van der Waals surface area contributed by atoms with E-state index in [0.29, 0.717) is 5.56 Å². The number of pyridine rings is 1. The largest absolute Gasteiger partial charge is 0.336 e. The molecule has 0 N–H and O–H groups in total. The van der Waals surface area contributed by atoms with Gasteiger partial charge in [0.2, 0.25) is 0 Å². The molecule has 0 bridgehead atoms. The lowest BCUT2D eigenvalue weighted by Crippen LogP contribution is -2.49. The second-order valence-corrected chi connectivity index (χ2v) is 6.61. The van der Waals surface area contributed by atoms with Gasteiger partial charge < -0.3 is 9.47 Å². The zero-order valence-corrected chi connectivity index (χ0v) is 14.7. The number of nitrogens with zero attached hydrogens (tertiary/aromatic N) is 5.